The van der Waals surface area contributed by atoms with E-state index in [-0.39, 0.29) is 11.9 Å². The third-order valence-corrected chi connectivity index (χ3v) is 6.28. The van der Waals surface area contributed by atoms with Crippen LogP contribution >= 0.6 is 0 Å². The summed E-state index contributed by atoms with van der Waals surface area (Å²) in [5.41, 5.74) is 2.00. The molecule has 2 aromatic carbocycles. The highest BCUT2D eigenvalue weighted by atomic mass is 19.1. The molecule has 0 N–H and O–H groups in total. The standard InChI is InChI=1S/C25H27FN6O3/c1-33-22-10-5-18(16-23(22)34-2)24(25-27-28-29-32(25)17-21-4-3-15-35-21)31-13-11-30(12-14-31)20-8-6-19(26)7-9-20/h3-10,15-16,24H,11-14,17H2,1-2H3. The van der Waals surface area contributed by atoms with E-state index in [1.54, 1.807) is 25.2 Å². The van der Waals surface area contributed by atoms with Gasteiger partial charge in [0.2, 0.25) is 0 Å². The second-order valence-corrected chi connectivity index (χ2v) is 8.29. The SMILES string of the molecule is COc1ccc(C(c2nnnn2Cc2ccco2)N2CCN(c3ccc(F)cc3)CC2)cc1OC. The molecule has 1 aliphatic heterocycles. The predicted molar refractivity (Wildman–Crippen MR) is 127 cm³/mol. The Kier molecular flexibility index (Phi) is 6.62. The maximum Gasteiger partial charge on any atom is 0.173 e. The van der Waals surface area contributed by atoms with Crippen molar-refractivity contribution in [3.05, 3.63) is 83.8 Å². The lowest BCUT2D eigenvalue weighted by atomic mass is 10.0. The molecule has 1 fully saturated rings. The van der Waals surface area contributed by atoms with Crippen LogP contribution in [-0.2, 0) is 6.54 Å². The molecule has 1 unspecified atom stereocenters. The van der Waals surface area contributed by atoms with Gasteiger partial charge < -0.3 is 18.8 Å². The Labute approximate surface area is 202 Å². The molecule has 0 saturated carbocycles. The van der Waals surface area contributed by atoms with Crippen LogP contribution in [0, 0.1) is 5.82 Å². The topological polar surface area (TPSA) is 81.7 Å². The number of anilines is 1. The molecule has 182 valence electrons. The summed E-state index contributed by atoms with van der Waals surface area (Å²) in [6.45, 7) is 3.53. The Hall–Kier alpha value is -3.92. The average Bonchev–Trinajstić information content (AvgIpc) is 3.58. The van der Waals surface area contributed by atoms with E-state index in [4.69, 9.17) is 13.9 Å². The van der Waals surface area contributed by atoms with Crippen LogP contribution in [0.5, 0.6) is 11.5 Å². The predicted octanol–water partition coefficient (Wildman–Crippen LogP) is 3.38. The van der Waals surface area contributed by atoms with Gasteiger partial charge >= 0.3 is 0 Å². The van der Waals surface area contributed by atoms with Gasteiger partial charge in [0.1, 0.15) is 18.1 Å². The molecule has 10 heteroatoms. The van der Waals surface area contributed by atoms with Gasteiger partial charge in [-0.05, 0) is 64.5 Å². The number of halogens is 1. The van der Waals surface area contributed by atoms with Crippen molar-refractivity contribution in [2.75, 3.05) is 45.3 Å². The molecule has 0 aliphatic carbocycles. The Morgan fingerprint density at radius 2 is 1.74 bits per heavy atom. The van der Waals surface area contributed by atoms with Crippen molar-refractivity contribution in [2.24, 2.45) is 0 Å². The van der Waals surface area contributed by atoms with E-state index < -0.39 is 0 Å². The highest BCUT2D eigenvalue weighted by Gasteiger charge is 2.31. The van der Waals surface area contributed by atoms with Gasteiger partial charge in [-0.15, -0.1) is 5.10 Å². The summed E-state index contributed by atoms with van der Waals surface area (Å²) >= 11 is 0. The van der Waals surface area contributed by atoms with E-state index in [2.05, 4.69) is 25.3 Å². The van der Waals surface area contributed by atoms with Crippen molar-refractivity contribution in [1.29, 1.82) is 0 Å². The first-order valence-electron chi connectivity index (χ1n) is 11.4. The second-order valence-electron chi connectivity index (χ2n) is 8.29. The first-order chi connectivity index (χ1) is 17.2. The van der Waals surface area contributed by atoms with Crippen LogP contribution in [-0.4, -0.2) is 65.5 Å². The number of aromatic nitrogens is 4. The summed E-state index contributed by atoms with van der Waals surface area (Å²) in [7, 11) is 3.24. The molecular formula is C25H27FN6O3. The third-order valence-electron chi connectivity index (χ3n) is 6.28. The van der Waals surface area contributed by atoms with E-state index in [9.17, 15) is 4.39 Å². The number of rotatable bonds is 8. The molecular weight excluding hydrogens is 451 g/mol. The summed E-state index contributed by atoms with van der Waals surface area (Å²) in [4.78, 5) is 4.61. The highest BCUT2D eigenvalue weighted by Crippen LogP contribution is 2.35. The van der Waals surface area contributed by atoms with Crippen molar-refractivity contribution in [3.63, 3.8) is 0 Å². The van der Waals surface area contributed by atoms with Crippen molar-refractivity contribution in [3.8, 4) is 11.5 Å². The van der Waals surface area contributed by atoms with Crippen LogP contribution in [0.3, 0.4) is 0 Å². The molecule has 9 nitrogen and oxygen atoms in total. The molecule has 5 rings (SSSR count). The monoisotopic (exact) mass is 478 g/mol. The Balaban J connectivity index is 1.46. The Morgan fingerprint density at radius 3 is 2.43 bits per heavy atom. The van der Waals surface area contributed by atoms with Crippen LogP contribution in [0.15, 0.2) is 65.3 Å². The minimum Gasteiger partial charge on any atom is -0.493 e. The van der Waals surface area contributed by atoms with Crippen LogP contribution in [0.1, 0.15) is 23.2 Å². The highest BCUT2D eigenvalue weighted by molar-refractivity contribution is 5.47. The van der Waals surface area contributed by atoms with E-state index in [1.807, 2.05) is 42.5 Å². The summed E-state index contributed by atoms with van der Waals surface area (Å²) < 4.78 is 31.7. The zero-order valence-electron chi connectivity index (χ0n) is 19.7. The number of hydrogen-bond donors (Lipinski definition) is 0. The summed E-state index contributed by atoms with van der Waals surface area (Å²) in [5.74, 6) is 2.55. The summed E-state index contributed by atoms with van der Waals surface area (Å²) in [6.07, 6.45) is 1.64. The Bertz CT molecular complexity index is 1240. The number of tetrazole rings is 1. The molecule has 1 aliphatic rings. The van der Waals surface area contributed by atoms with E-state index in [0.29, 0.717) is 23.9 Å². The fourth-order valence-electron chi connectivity index (χ4n) is 4.51. The third kappa shape index (κ3) is 4.83. The zero-order valence-corrected chi connectivity index (χ0v) is 19.7. The number of benzene rings is 2. The lowest BCUT2D eigenvalue weighted by molar-refractivity contribution is 0.200. The van der Waals surface area contributed by atoms with Crippen molar-refractivity contribution in [2.45, 2.75) is 12.6 Å². The van der Waals surface area contributed by atoms with Crippen LogP contribution in [0.25, 0.3) is 0 Å². The lowest BCUT2D eigenvalue weighted by Gasteiger charge is -2.40. The normalized spacial score (nSPS) is 15.2. The van der Waals surface area contributed by atoms with Gasteiger partial charge in [-0.1, -0.05) is 6.07 Å². The summed E-state index contributed by atoms with van der Waals surface area (Å²) in [6, 6.07) is 16.1. The van der Waals surface area contributed by atoms with Gasteiger partial charge in [-0.3, -0.25) is 4.90 Å². The van der Waals surface area contributed by atoms with E-state index in [0.717, 1.165) is 43.2 Å². The van der Waals surface area contributed by atoms with Crippen molar-refractivity contribution < 1.29 is 18.3 Å². The second kappa shape index (κ2) is 10.1. The maximum absolute atomic E-state index is 13.4. The fraction of sp³-hybridized carbons (Fsp3) is 0.320. The van der Waals surface area contributed by atoms with Gasteiger partial charge in [0.05, 0.1) is 26.5 Å². The average molecular weight is 479 g/mol. The number of nitrogens with zero attached hydrogens (tertiary/aromatic N) is 6. The molecule has 1 atom stereocenters. The minimum atomic E-state index is -0.232. The summed E-state index contributed by atoms with van der Waals surface area (Å²) in [5, 5.41) is 12.7. The van der Waals surface area contributed by atoms with Crippen LogP contribution < -0.4 is 14.4 Å². The zero-order chi connectivity index (χ0) is 24.2. The van der Waals surface area contributed by atoms with Crippen LogP contribution in [0.4, 0.5) is 10.1 Å². The van der Waals surface area contributed by atoms with Gasteiger partial charge in [-0.2, -0.15) is 0 Å². The molecule has 0 bridgehead atoms. The lowest BCUT2D eigenvalue weighted by Crippen LogP contribution is -2.48. The number of piperazine rings is 1. The molecule has 3 heterocycles. The number of furan rings is 1. The number of hydrogen-bond acceptors (Lipinski definition) is 8. The molecule has 0 amide bonds. The molecule has 0 spiro atoms. The van der Waals surface area contributed by atoms with E-state index >= 15 is 0 Å². The van der Waals surface area contributed by atoms with Crippen molar-refractivity contribution >= 4 is 5.69 Å². The first-order valence-corrected chi connectivity index (χ1v) is 11.4. The minimum absolute atomic E-state index is 0.213. The van der Waals surface area contributed by atoms with Crippen LogP contribution in [0.2, 0.25) is 0 Å². The quantitative estimate of drug-likeness (QED) is 0.381. The number of ether oxygens (including phenoxy) is 2. The van der Waals surface area contributed by atoms with Crippen molar-refractivity contribution in [1.82, 2.24) is 25.1 Å². The Morgan fingerprint density at radius 1 is 0.971 bits per heavy atom. The molecule has 2 aromatic heterocycles. The van der Waals surface area contributed by atoms with Gasteiger partial charge in [0, 0.05) is 31.9 Å². The van der Waals surface area contributed by atoms with Gasteiger partial charge in [0.15, 0.2) is 17.3 Å². The fourth-order valence-corrected chi connectivity index (χ4v) is 4.51. The first kappa shape index (κ1) is 22.9. The molecule has 4 aromatic rings. The molecule has 1 saturated heterocycles. The largest absolute Gasteiger partial charge is 0.493 e. The maximum atomic E-state index is 13.4. The number of methoxy groups -OCH3 is 2. The van der Waals surface area contributed by atoms with E-state index in [1.165, 1.54) is 12.1 Å². The molecule has 0 radical (unpaired) electrons. The van der Waals surface area contributed by atoms with Gasteiger partial charge in [0.25, 0.3) is 0 Å². The molecule has 35 heavy (non-hydrogen) atoms. The van der Waals surface area contributed by atoms with Gasteiger partial charge in [-0.25, -0.2) is 9.07 Å². The smallest absolute Gasteiger partial charge is 0.173 e.